The fourth-order valence-electron chi connectivity index (χ4n) is 2.84. The van der Waals surface area contributed by atoms with E-state index in [4.69, 9.17) is 0 Å². The molecule has 2 nitrogen and oxygen atoms in total. The maximum Gasteiger partial charge on any atom is 0.0330 e. The van der Waals surface area contributed by atoms with Gasteiger partial charge in [0.2, 0.25) is 0 Å². The van der Waals surface area contributed by atoms with E-state index in [2.05, 4.69) is 44.2 Å². The Hall–Kier alpha value is 0.270. The monoisotopic (exact) mass is 258 g/mol. The molecular weight excluding hydrogens is 228 g/mol. The first kappa shape index (κ1) is 15.3. The van der Waals surface area contributed by atoms with Gasteiger partial charge in [-0.25, -0.2) is 0 Å². The van der Waals surface area contributed by atoms with Gasteiger partial charge in [-0.2, -0.15) is 11.8 Å². The Bertz CT molecular complexity index is 228. The van der Waals surface area contributed by atoms with Crippen molar-refractivity contribution in [1.29, 1.82) is 0 Å². The number of nitrogens with zero attached hydrogens (tertiary/aromatic N) is 1. The van der Waals surface area contributed by atoms with Crippen LogP contribution in [0.4, 0.5) is 0 Å². The minimum absolute atomic E-state index is 0.312. The highest BCUT2D eigenvalue weighted by molar-refractivity contribution is 7.98. The van der Waals surface area contributed by atoms with Gasteiger partial charge in [-0.15, -0.1) is 0 Å². The van der Waals surface area contributed by atoms with E-state index in [1.165, 1.54) is 38.1 Å². The molecule has 1 unspecified atom stereocenters. The highest BCUT2D eigenvalue weighted by atomic mass is 32.2. The standard InChI is InChI=1S/C14H30N2S/c1-6-13(4)12-16(9-10-17-5)14(7-2,8-3)11-15-13/h15H,6-12H2,1-5H3. The van der Waals surface area contributed by atoms with E-state index < -0.39 is 0 Å². The smallest absolute Gasteiger partial charge is 0.0330 e. The first-order valence-electron chi connectivity index (χ1n) is 7.05. The molecule has 0 saturated carbocycles. The normalized spacial score (nSPS) is 29.5. The molecule has 1 rings (SSSR count). The number of rotatable bonds is 6. The SMILES string of the molecule is CCC1(C)CN(CCSC)C(CC)(CC)CN1. The molecule has 1 fully saturated rings. The summed E-state index contributed by atoms with van der Waals surface area (Å²) in [7, 11) is 0. The lowest BCUT2D eigenvalue weighted by atomic mass is 9.83. The first-order valence-corrected chi connectivity index (χ1v) is 8.44. The third-order valence-electron chi connectivity index (χ3n) is 4.72. The zero-order valence-corrected chi connectivity index (χ0v) is 13.1. The van der Waals surface area contributed by atoms with Gasteiger partial charge in [0.1, 0.15) is 0 Å². The van der Waals surface area contributed by atoms with Gasteiger partial charge < -0.3 is 5.32 Å². The molecule has 1 aliphatic heterocycles. The Labute approximate surface area is 112 Å². The summed E-state index contributed by atoms with van der Waals surface area (Å²) < 4.78 is 0. The fourth-order valence-corrected chi connectivity index (χ4v) is 3.24. The molecule has 1 heterocycles. The Balaban J connectivity index is 2.78. The molecule has 0 aliphatic carbocycles. The van der Waals surface area contributed by atoms with Crippen molar-refractivity contribution in [1.82, 2.24) is 10.2 Å². The van der Waals surface area contributed by atoms with Crippen molar-refractivity contribution in [2.75, 3.05) is 31.6 Å². The summed E-state index contributed by atoms with van der Waals surface area (Å²) in [5.41, 5.74) is 0.705. The lowest BCUT2D eigenvalue weighted by molar-refractivity contribution is 0.00747. The van der Waals surface area contributed by atoms with Crippen molar-refractivity contribution < 1.29 is 0 Å². The Morgan fingerprint density at radius 1 is 1.18 bits per heavy atom. The molecule has 1 N–H and O–H groups in total. The van der Waals surface area contributed by atoms with Crippen LogP contribution in [-0.4, -0.2) is 47.6 Å². The molecule has 0 spiro atoms. The van der Waals surface area contributed by atoms with E-state index >= 15 is 0 Å². The molecule has 1 saturated heterocycles. The van der Waals surface area contributed by atoms with Crippen LogP contribution in [0.5, 0.6) is 0 Å². The minimum Gasteiger partial charge on any atom is -0.308 e. The summed E-state index contributed by atoms with van der Waals surface area (Å²) in [5, 5.41) is 3.80. The Morgan fingerprint density at radius 2 is 1.82 bits per heavy atom. The first-order chi connectivity index (χ1) is 8.05. The molecular formula is C14H30N2S. The van der Waals surface area contributed by atoms with Crippen molar-refractivity contribution in [2.45, 2.75) is 58.0 Å². The quantitative estimate of drug-likeness (QED) is 0.788. The van der Waals surface area contributed by atoms with Gasteiger partial charge in [-0.3, -0.25) is 4.90 Å². The molecule has 0 aromatic rings. The molecule has 0 radical (unpaired) electrons. The number of hydrogen-bond acceptors (Lipinski definition) is 3. The average molecular weight is 258 g/mol. The second-order valence-electron chi connectivity index (χ2n) is 5.61. The molecule has 0 aromatic carbocycles. The highest BCUT2D eigenvalue weighted by Crippen LogP contribution is 2.31. The van der Waals surface area contributed by atoms with Crippen LogP contribution in [0.2, 0.25) is 0 Å². The molecule has 0 bridgehead atoms. The van der Waals surface area contributed by atoms with Crippen LogP contribution < -0.4 is 5.32 Å². The van der Waals surface area contributed by atoms with Gasteiger partial charge >= 0.3 is 0 Å². The summed E-state index contributed by atoms with van der Waals surface area (Å²) in [5.74, 6) is 1.25. The number of thioether (sulfide) groups is 1. The van der Waals surface area contributed by atoms with Gasteiger partial charge in [0, 0.05) is 36.5 Å². The van der Waals surface area contributed by atoms with Crippen LogP contribution in [0.1, 0.15) is 47.0 Å². The molecule has 102 valence electrons. The highest BCUT2D eigenvalue weighted by Gasteiger charge is 2.42. The number of piperazine rings is 1. The number of hydrogen-bond donors (Lipinski definition) is 1. The van der Waals surface area contributed by atoms with Crippen molar-refractivity contribution in [3.8, 4) is 0 Å². The van der Waals surface area contributed by atoms with Gasteiger partial charge in [0.05, 0.1) is 0 Å². The summed E-state index contributed by atoms with van der Waals surface area (Å²) in [4.78, 5) is 2.75. The Kier molecular flexibility index (Phi) is 5.81. The molecule has 0 aromatic heterocycles. The maximum absolute atomic E-state index is 3.80. The predicted octanol–water partition coefficient (Wildman–Crippen LogP) is 2.98. The predicted molar refractivity (Wildman–Crippen MR) is 80.0 cm³/mol. The van der Waals surface area contributed by atoms with Gasteiger partial charge in [-0.05, 0) is 32.4 Å². The van der Waals surface area contributed by atoms with E-state index in [0.717, 1.165) is 6.54 Å². The average Bonchev–Trinajstić information content (AvgIpc) is 2.37. The number of nitrogens with one attached hydrogen (secondary N) is 1. The van der Waals surface area contributed by atoms with Crippen molar-refractivity contribution in [2.24, 2.45) is 0 Å². The van der Waals surface area contributed by atoms with E-state index in [0.29, 0.717) is 11.1 Å². The van der Waals surface area contributed by atoms with Crippen molar-refractivity contribution in [3.63, 3.8) is 0 Å². The maximum atomic E-state index is 3.80. The van der Waals surface area contributed by atoms with Gasteiger partial charge in [0.25, 0.3) is 0 Å². The fraction of sp³-hybridized carbons (Fsp3) is 1.00. The van der Waals surface area contributed by atoms with Crippen molar-refractivity contribution in [3.05, 3.63) is 0 Å². The van der Waals surface area contributed by atoms with Gasteiger partial charge in [-0.1, -0.05) is 20.8 Å². The van der Waals surface area contributed by atoms with E-state index in [-0.39, 0.29) is 0 Å². The molecule has 1 aliphatic rings. The lowest BCUT2D eigenvalue weighted by Crippen LogP contribution is -2.69. The van der Waals surface area contributed by atoms with E-state index in [1.54, 1.807) is 0 Å². The van der Waals surface area contributed by atoms with Crippen LogP contribution >= 0.6 is 11.8 Å². The van der Waals surface area contributed by atoms with Crippen molar-refractivity contribution >= 4 is 11.8 Å². The topological polar surface area (TPSA) is 15.3 Å². The molecule has 3 heteroatoms. The third kappa shape index (κ3) is 3.39. The van der Waals surface area contributed by atoms with Crippen LogP contribution in [0.15, 0.2) is 0 Å². The van der Waals surface area contributed by atoms with E-state index in [9.17, 15) is 0 Å². The van der Waals surface area contributed by atoms with Crippen LogP contribution in [0, 0.1) is 0 Å². The largest absolute Gasteiger partial charge is 0.308 e. The summed E-state index contributed by atoms with van der Waals surface area (Å²) >= 11 is 1.96. The molecule has 1 atom stereocenters. The zero-order chi connectivity index (χ0) is 12.9. The molecule has 17 heavy (non-hydrogen) atoms. The summed E-state index contributed by atoms with van der Waals surface area (Å²) in [6, 6.07) is 0. The van der Waals surface area contributed by atoms with Crippen LogP contribution in [0.25, 0.3) is 0 Å². The second-order valence-corrected chi connectivity index (χ2v) is 6.60. The lowest BCUT2D eigenvalue weighted by Gasteiger charge is -2.53. The Morgan fingerprint density at radius 3 is 2.29 bits per heavy atom. The van der Waals surface area contributed by atoms with Gasteiger partial charge in [0.15, 0.2) is 0 Å². The summed E-state index contributed by atoms with van der Waals surface area (Å²) in [6.07, 6.45) is 5.93. The van der Waals surface area contributed by atoms with Crippen LogP contribution in [0.3, 0.4) is 0 Å². The minimum atomic E-state index is 0.312. The molecule has 0 amide bonds. The second kappa shape index (κ2) is 6.44. The van der Waals surface area contributed by atoms with E-state index in [1.807, 2.05) is 11.8 Å². The summed E-state index contributed by atoms with van der Waals surface area (Å²) in [6.45, 7) is 12.9. The zero-order valence-electron chi connectivity index (χ0n) is 12.3. The van der Waals surface area contributed by atoms with Crippen LogP contribution in [-0.2, 0) is 0 Å². The third-order valence-corrected chi connectivity index (χ3v) is 5.31.